The van der Waals surface area contributed by atoms with Gasteiger partial charge in [0, 0.05) is 44.6 Å². The highest BCUT2D eigenvalue weighted by molar-refractivity contribution is 5.50. The molecule has 3 aromatic heterocycles. The molecule has 1 fully saturated rings. The second kappa shape index (κ2) is 6.86. The lowest BCUT2D eigenvalue weighted by Gasteiger charge is -2.34. The van der Waals surface area contributed by atoms with Gasteiger partial charge in [0.25, 0.3) is 5.56 Å². The number of rotatable bonds is 4. The topological polar surface area (TPSA) is 80.3 Å². The molecule has 0 spiro atoms. The molecular formula is C17H18N6O2. The van der Waals surface area contributed by atoms with Gasteiger partial charge in [-0.2, -0.15) is 5.10 Å². The van der Waals surface area contributed by atoms with Crippen molar-refractivity contribution in [1.82, 2.24) is 24.6 Å². The first-order valence-corrected chi connectivity index (χ1v) is 8.16. The number of piperazine rings is 1. The molecule has 1 aliphatic rings. The molecule has 4 heterocycles. The third-order valence-corrected chi connectivity index (χ3v) is 4.18. The fraction of sp³-hybridized carbons (Fsp3) is 0.294. The van der Waals surface area contributed by atoms with Crippen LogP contribution in [0.25, 0.3) is 11.5 Å². The Kier molecular flexibility index (Phi) is 4.26. The number of aromatic nitrogens is 4. The van der Waals surface area contributed by atoms with Crippen molar-refractivity contribution in [1.29, 1.82) is 0 Å². The van der Waals surface area contributed by atoms with E-state index in [0.29, 0.717) is 18.1 Å². The molecule has 3 aromatic rings. The first kappa shape index (κ1) is 15.5. The molecule has 1 aliphatic heterocycles. The zero-order chi connectivity index (χ0) is 17.1. The largest absolute Gasteiger partial charge is 0.463 e. The Balaban J connectivity index is 1.43. The van der Waals surface area contributed by atoms with Gasteiger partial charge in [-0.3, -0.25) is 9.69 Å². The van der Waals surface area contributed by atoms with Crippen molar-refractivity contribution in [2.24, 2.45) is 0 Å². The zero-order valence-corrected chi connectivity index (χ0v) is 13.7. The first-order valence-electron chi connectivity index (χ1n) is 8.16. The van der Waals surface area contributed by atoms with Crippen LogP contribution in [0.1, 0.15) is 0 Å². The Morgan fingerprint density at radius 2 is 1.80 bits per heavy atom. The van der Waals surface area contributed by atoms with Gasteiger partial charge in [-0.25, -0.2) is 14.6 Å². The van der Waals surface area contributed by atoms with Crippen LogP contribution in [0.5, 0.6) is 0 Å². The van der Waals surface area contributed by atoms with E-state index in [0.717, 1.165) is 32.1 Å². The van der Waals surface area contributed by atoms with Crippen molar-refractivity contribution in [2.75, 3.05) is 31.1 Å². The van der Waals surface area contributed by atoms with Crippen LogP contribution < -0.4 is 10.5 Å². The third kappa shape index (κ3) is 3.43. The molecule has 0 bridgehead atoms. The van der Waals surface area contributed by atoms with Gasteiger partial charge < -0.3 is 9.32 Å². The van der Waals surface area contributed by atoms with E-state index in [4.69, 9.17) is 4.42 Å². The normalized spacial score (nSPS) is 15.4. The Morgan fingerprint density at radius 3 is 2.52 bits per heavy atom. The first-order chi connectivity index (χ1) is 12.3. The Morgan fingerprint density at radius 1 is 1.00 bits per heavy atom. The van der Waals surface area contributed by atoms with Crippen molar-refractivity contribution < 1.29 is 4.42 Å². The lowest BCUT2D eigenvalue weighted by Crippen LogP contribution is -2.48. The van der Waals surface area contributed by atoms with Gasteiger partial charge in [-0.1, -0.05) is 0 Å². The highest BCUT2D eigenvalue weighted by Crippen LogP contribution is 2.15. The van der Waals surface area contributed by atoms with Crippen molar-refractivity contribution in [2.45, 2.75) is 6.67 Å². The predicted molar refractivity (Wildman–Crippen MR) is 92.0 cm³/mol. The SMILES string of the molecule is O=c1ccc(-c2ccco2)nn1CN1CCN(c2ncccn2)CC1. The van der Waals surface area contributed by atoms with Crippen LogP contribution in [0.3, 0.4) is 0 Å². The minimum atomic E-state index is -0.121. The summed E-state index contributed by atoms with van der Waals surface area (Å²) in [6, 6.07) is 8.65. The zero-order valence-electron chi connectivity index (χ0n) is 13.7. The van der Waals surface area contributed by atoms with E-state index in [1.54, 1.807) is 30.8 Å². The van der Waals surface area contributed by atoms with Crippen molar-refractivity contribution in [3.8, 4) is 11.5 Å². The van der Waals surface area contributed by atoms with E-state index in [9.17, 15) is 4.79 Å². The second-order valence-electron chi connectivity index (χ2n) is 5.83. The number of nitrogens with zero attached hydrogens (tertiary/aromatic N) is 6. The van der Waals surface area contributed by atoms with Crippen LogP contribution >= 0.6 is 0 Å². The van der Waals surface area contributed by atoms with Crippen molar-refractivity contribution >= 4 is 5.95 Å². The van der Waals surface area contributed by atoms with Gasteiger partial charge in [0.1, 0.15) is 5.69 Å². The smallest absolute Gasteiger partial charge is 0.268 e. The number of furan rings is 1. The minimum absolute atomic E-state index is 0.121. The summed E-state index contributed by atoms with van der Waals surface area (Å²) in [6.45, 7) is 3.72. The van der Waals surface area contributed by atoms with Crippen LogP contribution in [-0.2, 0) is 6.67 Å². The summed E-state index contributed by atoms with van der Waals surface area (Å²) in [5.41, 5.74) is 0.532. The molecule has 0 atom stereocenters. The maximum Gasteiger partial charge on any atom is 0.268 e. The van der Waals surface area contributed by atoms with Gasteiger partial charge >= 0.3 is 0 Å². The molecule has 8 heteroatoms. The molecule has 0 radical (unpaired) electrons. The quantitative estimate of drug-likeness (QED) is 0.704. The van der Waals surface area contributed by atoms with E-state index in [2.05, 4.69) is 24.9 Å². The molecule has 0 aromatic carbocycles. The number of hydrogen-bond acceptors (Lipinski definition) is 7. The average Bonchev–Trinajstić information content (AvgIpc) is 3.20. The van der Waals surface area contributed by atoms with Crippen LogP contribution in [0.4, 0.5) is 5.95 Å². The van der Waals surface area contributed by atoms with E-state index in [1.165, 1.54) is 10.7 Å². The Labute approximate surface area is 144 Å². The summed E-state index contributed by atoms with van der Waals surface area (Å²) in [5.74, 6) is 1.40. The van der Waals surface area contributed by atoms with Gasteiger partial charge in [0.15, 0.2) is 5.76 Å². The standard InChI is InChI=1S/C17H18N6O2/c24-16-5-4-14(15-3-1-12-25-15)20-23(16)13-21-8-10-22(11-9-21)17-18-6-2-7-19-17/h1-7,12H,8-11,13H2. The molecule has 25 heavy (non-hydrogen) atoms. The summed E-state index contributed by atoms with van der Waals surface area (Å²) < 4.78 is 6.83. The summed E-state index contributed by atoms with van der Waals surface area (Å²) in [7, 11) is 0. The second-order valence-corrected chi connectivity index (χ2v) is 5.83. The summed E-state index contributed by atoms with van der Waals surface area (Å²) in [4.78, 5) is 25.0. The summed E-state index contributed by atoms with van der Waals surface area (Å²) >= 11 is 0. The number of hydrogen-bond donors (Lipinski definition) is 0. The maximum absolute atomic E-state index is 12.1. The molecule has 128 valence electrons. The predicted octanol–water partition coefficient (Wildman–Crippen LogP) is 1.07. The molecule has 0 aliphatic carbocycles. The van der Waals surface area contributed by atoms with Crippen LogP contribution in [0.15, 0.2) is 58.2 Å². The van der Waals surface area contributed by atoms with E-state index >= 15 is 0 Å². The monoisotopic (exact) mass is 338 g/mol. The number of anilines is 1. The molecule has 8 nitrogen and oxygen atoms in total. The van der Waals surface area contributed by atoms with Gasteiger partial charge in [-0.05, 0) is 24.3 Å². The van der Waals surface area contributed by atoms with E-state index < -0.39 is 0 Å². The van der Waals surface area contributed by atoms with Crippen LogP contribution in [-0.4, -0.2) is 50.8 Å². The lowest BCUT2D eigenvalue weighted by molar-refractivity contribution is 0.191. The summed E-state index contributed by atoms with van der Waals surface area (Å²) in [5, 5.41) is 4.42. The molecule has 4 rings (SSSR count). The maximum atomic E-state index is 12.1. The van der Waals surface area contributed by atoms with Gasteiger partial charge in [0.2, 0.25) is 5.95 Å². The Hall–Kier alpha value is -3.00. The Bertz CT molecular complexity index is 870. The van der Waals surface area contributed by atoms with Crippen molar-refractivity contribution in [3.05, 3.63) is 59.3 Å². The highest BCUT2D eigenvalue weighted by Gasteiger charge is 2.19. The van der Waals surface area contributed by atoms with Gasteiger partial charge in [0.05, 0.1) is 12.9 Å². The third-order valence-electron chi connectivity index (χ3n) is 4.18. The lowest BCUT2D eigenvalue weighted by atomic mass is 10.3. The fourth-order valence-corrected chi connectivity index (χ4v) is 2.84. The fourth-order valence-electron chi connectivity index (χ4n) is 2.84. The van der Waals surface area contributed by atoms with E-state index in [-0.39, 0.29) is 5.56 Å². The van der Waals surface area contributed by atoms with Crippen LogP contribution in [0.2, 0.25) is 0 Å². The molecule has 0 unspecified atom stereocenters. The van der Waals surface area contributed by atoms with Crippen LogP contribution in [0, 0.1) is 0 Å². The summed E-state index contributed by atoms with van der Waals surface area (Å²) in [6.07, 6.45) is 5.09. The van der Waals surface area contributed by atoms with E-state index in [1.807, 2.05) is 12.1 Å². The molecule has 0 amide bonds. The molecule has 1 saturated heterocycles. The highest BCUT2D eigenvalue weighted by atomic mass is 16.3. The minimum Gasteiger partial charge on any atom is -0.463 e. The molecule has 0 N–H and O–H groups in total. The van der Waals surface area contributed by atoms with Gasteiger partial charge in [-0.15, -0.1) is 0 Å². The molecule has 0 saturated carbocycles. The molecular weight excluding hydrogens is 320 g/mol. The average molecular weight is 338 g/mol. The van der Waals surface area contributed by atoms with Crippen molar-refractivity contribution in [3.63, 3.8) is 0 Å².